The zero-order chi connectivity index (χ0) is 33.3. The Bertz CT molecular complexity index is 1310. The maximum Gasteiger partial charge on any atom is 0.131 e. The minimum absolute atomic E-state index is 0.0143. The monoisotopic (exact) mass is 582 g/mol. The number of phenols is 1. The van der Waals surface area contributed by atoms with Gasteiger partial charge in [0.05, 0.1) is 0 Å². The molecule has 1 nitrogen and oxygen atoms in total. The van der Waals surface area contributed by atoms with E-state index in [0.29, 0.717) is 5.75 Å². The first-order valence-electron chi connectivity index (χ1n) is 16.3. The van der Waals surface area contributed by atoms with Gasteiger partial charge in [-0.3, -0.25) is 0 Å². The number of rotatable bonds is 2. The molecule has 0 saturated heterocycles. The van der Waals surface area contributed by atoms with Gasteiger partial charge in [0.2, 0.25) is 0 Å². The molecule has 0 atom stereocenters. The van der Waals surface area contributed by atoms with Gasteiger partial charge in [-0.05, 0) is 77.0 Å². The highest BCUT2D eigenvalue weighted by atomic mass is 16.3. The van der Waals surface area contributed by atoms with Crippen LogP contribution in [-0.4, -0.2) is 5.11 Å². The molecule has 3 rings (SSSR count). The molecule has 0 aliphatic rings. The molecule has 1 N–H and O–H groups in total. The molecule has 0 radical (unpaired) electrons. The van der Waals surface area contributed by atoms with Crippen molar-refractivity contribution in [1.29, 1.82) is 0 Å². The van der Waals surface area contributed by atoms with E-state index in [-0.39, 0.29) is 32.5 Å². The van der Waals surface area contributed by atoms with Crippen LogP contribution in [0.25, 0.3) is 22.3 Å². The van der Waals surface area contributed by atoms with E-state index in [1.54, 1.807) is 0 Å². The smallest absolute Gasteiger partial charge is 0.131 e. The van der Waals surface area contributed by atoms with Gasteiger partial charge in [0, 0.05) is 11.1 Å². The Labute approximate surface area is 265 Å². The lowest BCUT2D eigenvalue weighted by atomic mass is 9.69. The topological polar surface area (TPSA) is 20.2 Å². The molecule has 0 bridgehead atoms. The lowest BCUT2D eigenvalue weighted by molar-refractivity contribution is 0.477. The largest absolute Gasteiger partial charge is 0.507 e. The van der Waals surface area contributed by atoms with Crippen LogP contribution in [0.1, 0.15) is 158 Å². The Morgan fingerprint density at radius 1 is 0.372 bits per heavy atom. The quantitative estimate of drug-likeness (QED) is 0.319. The van der Waals surface area contributed by atoms with E-state index in [2.05, 4.69) is 167 Å². The van der Waals surface area contributed by atoms with Crippen molar-refractivity contribution in [3.8, 4) is 28.0 Å². The molecule has 1 heteroatoms. The summed E-state index contributed by atoms with van der Waals surface area (Å²) >= 11 is 0. The second-order valence-electron chi connectivity index (χ2n) is 19.1. The van der Waals surface area contributed by atoms with E-state index in [0.717, 1.165) is 11.1 Å². The molecule has 43 heavy (non-hydrogen) atoms. The van der Waals surface area contributed by atoms with E-state index in [1.807, 2.05) is 0 Å². The maximum atomic E-state index is 12.5. The van der Waals surface area contributed by atoms with Crippen LogP contribution in [-0.2, 0) is 32.5 Å². The lowest BCUT2D eigenvalue weighted by Gasteiger charge is -2.35. The average molecular weight is 583 g/mol. The molecule has 0 unspecified atom stereocenters. The Morgan fingerprint density at radius 3 is 0.791 bits per heavy atom. The van der Waals surface area contributed by atoms with Gasteiger partial charge in [0.15, 0.2) is 0 Å². The highest BCUT2D eigenvalue weighted by Gasteiger charge is 2.34. The highest BCUT2D eigenvalue weighted by molar-refractivity contribution is 5.88. The molecule has 0 fully saturated rings. The Kier molecular flexibility index (Phi) is 8.79. The van der Waals surface area contributed by atoms with Crippen molar-refractivity contribution >= 4 is 0 Å². The zero-order valence-corrected chi connectivity index (χ0v) is 31.0. The molecule has 0 aliphatic carbocycles. The second kappa shape index (κ2) is 10.8. The summed E-state index contributed by atoms with van der Waals surface area (Å²) in [7, 11) is 0. The number of benzene rings is 3. The number of phenolic OH excluding ortho intramolecular Hbond substituents is 1. The standard InChI is InChI=1S/C42H62O/c1-37(2,3)26-22-30(39(7,8)9)34(31(23-26)40(10,11)12)28-20-19-21-29(36(28)43)35-32(41(13,14)15)24-27(38(4,5)6)25-33(35)42(16,17)18/h19-25,43H,1-18H3. The second-order valence-corrected chi connectivity index (χ2v) is 19.1. The number of hydrogen-bond donors (Lipinski definition) is 1. The Hall–Kier alpha value is -2.54. The van der Waals surface area contributed by atoms with Crippen molar-refractivity contribution in [2.45, 2.75) is 157 Å². The third kappa shape index (κ3) is 7.24. The van der Waals surface area contributed by atoms with E-state index >= 15 is 0 Å². The van der Waals surface area contributed by atoms with E-state index < -0.39 is 0 Å². The first-order chi connectivity index (χ1) is 19.1. The van der Waals surface area contributed by atoms with Crippen molar-refractivity contribution in [1.82, 2.24) is 0 Å². The predicted octanol–water partition coefficient (Wildman–Crippen LogP) is 12.5. The minimum atomic E-state index is -0.111. The summed E-state index contributed by atoms with van der Waals surface area (Å²) < 4.78 is 0. The fraction of sp³-hybridized carbons (Fsp3) is 0.571. The highest BCUT2D eigenvalue weighted by Crippen LogP contribution is 2.51. The first-order valence-corrected chi connectivity index (χ1v) is 16.3. The third-order valence-corrected chi connectivity index (χ3v) is 8.82. The van der Waals surface area contributed by atoms with Crippen LogP contribution in [0.5, 0.6) is 5.75 Å². The molecular formula is C42H62O. The molecular weight excluding hydrogens is 520 g/mol. The maximum absolute atomic E-state index is 12.5. The van der Waals surface area contributed by atoms with Gasteiger partial charge in [-0.2, -0.15) is 0 Å². The van der Waals surface area contributed by atoms with Crippen LogP contribution >= 0.6 is 0 Å². The molecule has 3 aromatic carbocycles. The van der Waals surface area contributed by atoms with Crippen molar-refractivity contribution in [2.24, 2.45) is 0 Å². The molecule has 0 aromatic heterocycles. The van der Waals surface area contributed by atoms with Crippen LogP contribution in [0.2, 0.25) is 0 Å². The summed E-state index contributed by atoms with van der Waals surface area (Å²) in [6, 6.07) is 16.0. The Morgan fingerprint density at radius 2 is 0.605 bits per heavy atom. The van der Waals surface area contributed by atoms with Crippen LogP contribution in [0, 0.1) is 0 Å². The molecule has 0 saturated carbocycles. The van der Waals surface area contributed by atoms with Gasteiger partial charge in [-0.15, -0.1) is 0 Å². The molecule has 0 amide bonds. The van der Waals surface area contributed by atoms with Crippen molar-refractivity contribution < 1.29 is 5.11 Å². The van der Waals surface area contributed by atoms with Crippen molar-refractivity contribution in [2.75, 3.05) is 0 Å². The van der Waals surface area contributed by atoms with Gasteiger partial charge < -0.3 is 5.11 Å². The van der Waals surface area contributed by atoms with Gasteiger partial charge >= 0.3 is 0 Å². The molecule has 236 valence electrons. The number of aromatic hydroxyl groups is 1. The normalized spacial score (nSPS) is 13.9. The summed E-state index contributed by atoms with van der Waals surface area (Å²) in [5.74, 6) is 0.376. The van der Waals surface area contributed by atoms with Gasteiger partial charge in [-0.25, -0.2) is 0 Å². The third-order valence-electron chi connectivity index (χ3n) is 8.82. The molecule has 0 aliphatic heterocycles. The summed E-state index contributed by atoms with van der Waals surface area (Å²) in [6.07, 6.45) is 0. The number of para-hydroxylation sites is 1. The summed E-state index contributed by atoms with van der Waals surface area (Å²) in [5, 5.41) is 12.5. The molecule has 3 aromatic rings. The van der Waals surface area contributed by atoms with E-state index in [9.17, 15) is 5.11 Å². The van der Waals surface area contributed by atoms with E-state index in [1.165, 1.54) is 44.5 Å². The van der Waals surface area contributed by atoms with Crippen LogP contribution < -0.4 is 0 Å². The van der Waals surface area contributed by atoms with E-state index in [4.69, 9.17) is 0 Å². The first kappa shape index (κ1) is 34.9. The fourth-order valence-corrected chi connectivity index (χ4v) is 6.04. The summed E-state index contributed by atoms with van der Waals surface area (Å²) in [5.41, 5.74) is 11.6. The van der Waals surface area contributed by atoms with Crippen LogP contribution in [0.3, 0.4) is 0 Å². The summed E-state index contributed by atoms with van der Waals surface area (Å²) in [6.45, 7) is 41.3. The Balaban J connectivity index is 2.61. The van der Waals surface area contributed by atoms with Gasteiger partial charge in [0.1, 0.15) is 5.75 Å². The van der Waals surface area contributed by atoms with Crippen molar-refractivity contribution in [3.63, 3.8) is 0 Å². The van der Waals surface area contributed by atoms with Crippen LogP contribution in [0.15, 0.2) is 42.5 Å². The molecule has 0 spiro atoms. The molecule has 0 heterocycles. The minimum Gasteiger partial charge on any atom is -0.507 e. The van der Waals surface area contributed by atoms with Gasteiger partial charge in [0.25, 0.3) is 0 Å². The van der Waals surface area contributed by atoms with Crippen LogP contribution in [0.4, 0.5) is 0 Å². The number of hydrogen-bond acceptors (Lipinski definition) is 1. The lowest BCUT2D eigenvalue weighted by Crippen LogP contribution is -2.23. The fourth-order valence-electron chi connectivity index (χ4n) is 6.04. The van der Waals surface area contributed by atoms with Gasteiger partial charge in [-0.1, -0.05) is 167 Å². The average Bonchev–Trinajstić information content (AvgIpc) is 2.79. The zero-order valence-electron chi connectivity index (χ0n) is 31.0. The predicted molar refractivity (Wildman–Crippen MR) is 191 cm³/mol. The van der Waals surface area contributed by atoms with Crippen molar-refractivity contribution in [3.05, 3.63) is 75.8 Å². The SMILES string of the molecule is CC(C)(C)c1cc(C(C)(C)C)c(-c2cccc(-c3c(C(C)(C)C)cc(C(C)(C)C)cc3C(C)(C)C)c2O)c(C(C)(C)C)c1. The summed E-state index contributed by atoms with van der Waals surface area (Å²) in [4.78, 5) is 0.